The standard InChI is InChI=1S/C18H10F3N3OS/c19-18(20,21)25-16-4-2-1-3-13(16)9-14(10-22)17-24-15(11-26-17)12-5-7-23-8-6-12/h1-9,11H. The van der Waals surface area contributed by atoms with E-state index in [1.807, 2.05) is 6.07 Å². The first-order chi connectivity index (χ1) is 12.5. The molecule has 0 fully saturated rings. The molecule has 0 atom stereocenters. The second kappa shape index (κ2) is 7.37. The third-order valence-corrected chi connectivity index (χ3v) is 4.15. The number of allylic oxidation sites excluding steroid dienone is 1. The Morgan fingerprint density at radius 2 is 1.88 bits per heavy atom. The summed E-state index contributed by atoms with van der Waals surface area (Å²) in [6, 6.07) is 11.2. The first kappa shape index (κ1) is 17.6. The Balaban J connectivity index is 1.96. The summed E-state index contributed by atoms with van der Waals surface area (Å²) in [4.78, 5) is 8.32. The third-order valence-electron chi connectivity index (χ3n) is 3.28. The SMILES string of the molecule is N#CC(=Cc1ccccc1OC(F)(F)F)c1nc(-c2ccncc2)cs1. The van der Waals surface area contributed by atoms with Crippen molar-refractivity contribution in [1.82, 2.24) is 9.97 Å². The molecule has 0 saturated carbocycles. The van der Waals surface area contributed by atoms with Crippen molar-refractivity contribution >= 4 is 23.0 Å². The average Bonchev–Trinajstić information content (AvgIpc) is 3.10. The number of hydrogen-bond donors (Lipinski definition) is 0. The molecule has 3 aromatic rings. The number of alkyl halides is 3. The summed E-state index contributed by atoms with van der Waals surface area (Å²) < 4.78 is 41.6. The van der Waals surface area contributed by atoms with Gasteiger partial charge in [-0.25, -0.2) is 4.98 Å². The van der Waals surface area contributed by atoms with Crippen LogP contribution in [0.25, 0.3) is 22.9 Å². The van der Waals surface area contributed by atoms with E-state index in [9.17, 15) is 18.4 Å². The Labute approximate surface area is 150 Å². The number of nitrogens with zero attached hydrogens (tertiary/aromatic N) is 3. The van der Waals surface area contributed by atoms with Gasteiger partial charge in [-0.05, 0) is 24.3 Å². The molecule has 3 rings (SSSR count). The average molecular weight is 373 g/mol. The van der Waals surface area contributed by atoms with E-state index in [0.717, 1.165) is 5.56 Å². The second-order valence-electron chi connectivity index (χ2n) is 5.03. The fourth-order valence-corrected chi connectivity index (χ4v) is 2.96. The van der Waals surface area contributed by atoms with Crippen LogP contribution in [0.5, 0.6) is 5.75 Å². The molecule has 26 heavy (non-hydrogen) atoms. The van der Waals surface area contributed by atoms with Crippen molar-refractivity contribution < 1.29 is 17.9 Å². The number of benzene rings is 1. The Kier molecular flexibility index (Phi) is 5.00. The third kappa shape index (κ3) is 4.26. The molecule has 0 bridgehead atoms. The highest BCUT2D eigenvalue weighted by Crippen LogP contribution is 2.31. The topological polar surface area (TPSA) is 58.8 Å². The van der Waals surface area contributed by atoms with Gasteiger partial charge < -0.3 is 4.74 Å². The van der Waals surface area contributed by atoms with Gasteiger partial charge in [-0.2, -0.15) is 5.26 Å². The maximum atomic E-state index is 12.5. The Bertz CT molecular complexity index is 975. The zero-order chi connectivity index (χ0) is 18.6. The van der Waals surface area contributed by atoms with Crippen LogP contribution in [0.4, 0.5) is 13.2 Å². The van der Waals surface area contributed by atoms with Gasteiger partial charge in [0.15, 0.2) is 0 Å². The molecule has 0 saturated heterocycles. The zero-order valence-electron chi connectivity index (χ0n) is 13.1. The molecule has 0 N–H and O–H groups in total. The van der Waals surface area contributed by atoms with Gasteiger partial charge in [0, 0.05) is 28.9 Å². The van der Waals surface area contributed by atoms with Crippen LogP contribution in [0, 0.1) is 11.3 Å². The van der Waals surface area contributed by atoms with Gasteiger partial charge in [-0.15, -0.1) is 24.5 Å². The monoisotopic (exact) mass is 373 g/mol. The van der Waals surface area contributed by atoms with Crippen LogP contribution in [-0.2, 0) is 0 Å². The lowest BCUT2D eigenvalue weighted by Crippen LogP contribution is -2.17. The van der Waals surface area contributed by atoms with Gasteiger partial charge in [-0.3, -0.25) is 4.98 Å². The number of halogens is 3. The van der Waals surface area contributed by atoms with Crippen molar-refractivity contribution in [3.63, 3.8) is 0 Å². The van der Waals surface area contributed by atoms with Gasteiger partial charge in [0.2, 0.25) is 0 Å². The zero-order valence-corrected chi connectivity index (χ0v) is 13.9. The number of aromatic nitrogens is 2. The van der Waals surface area contributed by atoms with E-state index in [1.54, 1.807) is 36.0 Å². The maximum Gasteiger partial charge on any atom is 0.573 e. The van der Waals surface area contributed by atoms with Crippen LogP contribution < -0.4 is 4.74 Å². The van der Waals surface area contributed by atoms with Crippen molar-refractivity contribution in [3.8, 4) is 23.1 Å². The van der Waals surface area contributed by atoms with Crippen LogP contribution in [0.15, 0.2) is 54.2 Å². The molecule has 1 aromatic carbocycles. The van der Waals surface area contributed by atoms with Crippen LogP contribution in [0.3, 0.4) is 0 Å². The summed E-state index contributed by atoms with van der Waals surface area (Å²) in [6.07, 6.45) is -0.233. The molecule has 0 aliphatic rings. The number of rotatable bonds is 4. The lowest BCUT2D eigenvalue weighted by atomic mass is 10.1. The van der Waals surface area contributed by atoms with E-state index in [2.05, 4.69) is 14.7 Å². The first-order valence-electron chi connectivity index (χ1n) is 7.29. The fraction of sp³-hybridized carbons (Fsp3) is 0.0556. The predicted octanol–water partition coefficient (Wildman–Crippen LogP) is 5.17. The molecule has 0 amide bonds. The van der Waals surface area contributed by atoms with E-state index in [4.69, 9.17) is 0 Å². The van der Waals surface area contributed by atoms with E-state index in [-0.39, 0.29) is 16.9 Å². The molecule has 0 aliphatic carbocycles. The summed E-state index contributed by atoms with van der Waals surface area (Å²) >= 11 is 1.23. The van der Waals surface area contributed by atoms with Gasteiger partial charge >= 0.3 is 6.36 Å². The Morgan fingerprint density at radius 3 is 2.58 bits per heavy atom. The number of thiazole rings is 1. The Morgan fingerprint density at radius 1 is 1.15 bits per heavy atom. The quantitative estimate of drug-likeness (QED) is 0.592. The molecule has 0 aliphatic heterocycles. The summed E-state index contributed by atoms with van der Waals surface area (Å²) in [6.45, 7) is 0. The van der Waals surface area contributed by atoms with Gasteiger partial charge in [-0.1, -0.05) is 18.2 Å². The second-order valence-corrected chi connectivity index (χ2v) is 5.89. The normalized spacial score (nSPS) is 11.8. The minimum atomic E-state index is -4.81. The molecule has 0 radical (unpaired) electrons. The minimum absolute atomic E-state index is 0.141. The Hall–Kier alpha value is -3.18. The lowest BCUT2D eigenvalue weighted by Gasteiger charge is -2.11. The van der Waals surface area contributed by atoms with Crippen molar-refractivity contribution in [2.45, 2.75) is 6.36 Å². The highest BCUT2D eigenvalue weighted by molar-refractivity contribution is 7.11. The minimum Gasteiger partial charge on any atom is -0.405 e. The van der Waals surface area contributed by atoms with Crippen LogP contribution >= 0.6 is 11.3 Å². The lowest BCUT2D eigenvalue weighted by molar-refractivity contribution is -0.274. The van der Waals surface area contributed by atoms with Crippen molar-refractivity contribution in [2.75, 3.05) is 0 Å². The largest absolute Gasteiger partial charge is 0.573 e. The van der Waals surface area contributed by atoms with Gasteiger partial charge in [0.1, 0.15) is 16.8 Å². The number of hydrogen-bond acceptors (Lipinski definition) is 5. The van der Waals surface area contributed by atoms with E-state index in [1.165, 1.54) is 35.6 Å². The van der Waals surface area contributed by atoms with E-state index >= 15 is 0 Å². The van der Waals surface area contributed by atoms with Crippen molar-refractivity contribution in [1.29, 1.82) is 5.26 Å². The predicted molar refractivity (Wildman–Crippen MR) is 92.0 cm³/mol. The molecule has 0 spiro atoms. The molecule has 0 unspecified atom stereocenters. The fourth-order valence-electron chi connectivity index (χ4n) is 2.17. The summed E-state index contributed by atoms with van der Waals surface area (Å²) in [7, 11) is 0. The molecule has 8 heteroatoms. The first-order valence-corrected chi connectivity index (χ1v) is 8.17. The molecule has 2 heterocycles. The molecule has 2 aromatic heterocycles. The van der Waals surface area contributed by atoms with E-state index < -0.39 is 6.36 Å². The number of nitriles is 1. The maximum absolute atomic E-state index is 12.5. The van der Waals surface area contributed by atoms with Crippen molar-refractivity contribution in [2.24, 2.45) is 0 Å². The molecule has 130 valence electrons. The van der Waals surface area contributed by atoms with Crippen LogP contribution in [0.1, 0.15) is 10.6 Å². The number of para-hydroxylation sites is 1. The van der Waals surface area contributed by atoms with Gasteiger partial charge in [0.25, 0.3) is 0 Å². The molecular weight excluding hydrogens is 363 g/mol. The van der Waals surface area contributed by atoms with Crippen LogP contribution in [0.2, 0.25) is 0 Å². The van der Waals surface area contributed by atoms with Gasteiger partial charge in [0.05, 0.1) is 11.3 Å². The number of pyridine rings is 1. The summed E-state index contributed by atoms with van der Waals surface area (Å²) in [5.74, 6) is -0.376. The highest BCUT2D eigenvalue weighted by Gasteiger charge is 2.31. The van der Waals surface area contributed by atoms with Crippen molar-refractivity contribution in [3.05, 3.63) is 64.7 Å². The summed E-state index contributed by atoms with van der Waals surface area (Å²) in [5.41, 5.74) is 1.78. The highest BCUT2D eigenvalue weighted by atomic mass is 32.1. The molecule has 4 nitrogen and oxygen atoms in total. The van der Waals surface area contributed by atoms with E-state index in [0.29, 0.717) is 10.7 Å². The smallest absolute Gasteiger partial charge is 0.405 e. The summed E-state index contributed by atoms with van der Waals surface area (Å²) in [5, 5.41) is 11.6. The number of ether oxygens (including phenoxy) is 1. The molecular formula is C18H10F3N3OS. The van der Waals surface area contributed by atoms with Crippen LogP contribution in [-0.4, -0.2) is 16.3 Å².